The first kappa shape index (κ1) is 26.9. The molecule has 4 aromatic rings. The lowest BCUT2D eigenvalue weighted by atomic mass is 10.2. The van der Waals surface area contributed by atoms with Crippen molar-refractivity contribution in [2.45, 2.75) is 17.9 Å². The Morgan fingerprint density at radius 3 is 2.56 bits per heavy atom. The highest BCUT2D eigenvalue weighted by Crippen LogP contribution is 2.26. The standard InChI is InChI=1S/C29H29ClN4O4S/c1-38-26-13-8-21(19-25(26)30)20-33-15-4-16-34(18-17-33)29(35)23-9-11-24(12-10-23)32-39(36,37)27-7-2-5-22-6-3-14-31-28(22)27/h2-3,5-14,19,32H,4,15-18,20H2,1H3. The van der Waals surface area contributed by atoms with E-state index in [-0.39, 0.29) is 10.8 Å². The minimum absolute atomic E-state index is 0.0722. The molecule has 0 spiro atoms. The number of hydrogen-bond acceptors (Lipinski definition) is 6. The number of carbonyl (C=O) groups is 1. The summed E-state index contributed by atoms with van der Waals surface area (Å²) in [5, 5.41) is 1.33. The number of methoxy groups -OCH3 is 1. The Hall–Kier alpha value is -3.66. The van der Waals surface area contributed by atoms with Crippen molar-refractivity contribution in [3.8, 4) is 5.75 Å². The number of rotatable bonds is 7. The number of para-hydroxylation sites is 1. The molecule has 1 aliphatic heterocycles. The van der Waals surface area contributed by atoms with Gasteiger partial charge < -0.3 is 9.64 Å². The number of benzene rings is 3. The second-order valence-corrected chi connectivity index (χ2v) is 11.5. The number of fused-ring (bicyclic) bond motifs is 1. The van der Waals surface area contributed by atoms with Crippen LogP contribution in [0.1, 0.15) is 22.3 Å². The Labute approximate surface area is 233 Å². The highest BCUT2D eigenvalue weighted by atomic mass is 35.5. The highest BCUT2D eigenvalue weighted by Gasteiger charge is 2.22. The lowest BCUT2D eigenvalue weighted by Crippen LogP contribution is -2.35. The molecule has 0 atom stereocenters. The van der Waals surface area contributed by atoms with Crippen LogP contribution in [0.4, 0.5) is 5.69 Å². The second-order valence-electron chi connectivity index (χ2n) is 9.40. The monoisotopic (exact) mass is 564 g/mol. The van der Waals surface area contributed by atoms with Gasteiger partial charge in [-0.3, -0.25) is 19.4 Å². The molecule has 0 bridgehead atoms. The lowest BCUT2D eigenvalue weighted by Gasteiger charge is -2.22. The first-order chi connectivity index (χ1) is 18.8. The molecular formula is C29H29ClN4O4S. The maximum absolute atomic E-state index is 13.2. The molecule has 8 nitrogen and oxygen atoms in total. The summed E-state index contributed by atoms with van der Waals surface area (Å²) in [4.78, 5) is 21.7. The van der Waals surface area contributed by atoms with Crippen LogP contribution in [-0.4, -0.2) is 62.4 Å². The van der Waals surface area contributed by atoms with E-state index in [1.165, 1.54) is 6.07 Å². The van der Waals surface area contributed by atoms with Gasteiger partial charge in [0.25, 0.3) is 15.9 Å². The number of pyridine rings is 1. The second kappa shape index (κ2) is 11.6. The zero-order valence-electron chi connectivity index (χ0n) is 21.5. The summed E-state index contributed by atoms with van der Waals surface area (Å²) in [6, 6.07) is 20.9. The van der Waals surface area contributed by atoms with Gasteiger partial charge in [-0.2, -0.15) is 0 Å². The van der Waals surface area contributed by atoms with Gasteiger partial charge in [0, 0.05) is 55.6 Å². The SMILES string of the molecule is COc1ccc(CN2CCCN(C(=O)c3ccc(NS(=O)(=O)c4cccc5cccnc45)cc3)CC2)cc1Cl. The predicted molar refractivity (Wildman–Crippen MR) is 153 cm³/mol. The van der Waals surface area contributed by atoms with Crippen LogP contribution in [0.25, 0.3) is 10.9 Å². The zero-order chi connectivity index (χ0) is 27.4. The topological polar surface area (TPSA) is 91.8 Å². The molecule has 39 heavy (non-hydrogen) atoms. The molecule has 1 aromatic heterocycles. The fourth-order valence-corrected chi connectivity index (χ4v) is 6.28. The van der Waals surface area contributed by atoms with Crippen LogP contribution < -0.4 is 9.46 Å². The van der Waals surface area contributed by atoms with Gasteiger partial charge in [-0.25, -0.2) is 8.42 Å². The van der Waals surface area contributed by atoms with Crippen LogP contribution in [-0.2, 0) is 16.6 Å². The number of amides is 1. The zero-order valence-corrected chi connectivity index (χ0v) is 23.1. The molecule has 0 radical (unpaired) electrons. The van der Waals surface area contributed by atoms with Gasteiger partial charge in [0.2, 0.25) is 0 Å². The number of nitrogens with one attached hydrogen (secondary N) is 1. The van der Waals surface area contributed by atoms with E-state index < -0.39 is 10.0 Å². The first-order valence-corrected chi connectivity index (χ1v) is 14.5. The van der Waals surface area contributed by atoms with E-state index in [1.54, 1.807) is 49.7 Å². The normalized spacial score (nSPS) is 14.7. The van der Waals surface area contributed by atoms with E-state index in [1.807, 2.05) is 35.2 Å². The van der Waals surface area contributed by atoms with E-state index in [4.69, 9.17) is 16.3 Å². The number of ether oxygens (including phenoxy) is 1. The van der Waals surface area contributed by atoms with Gasteiger partial charge >= 0.3 is 0 Å². The molecule has 10 heteroatoms. The summed E-state index contributed by atoms with van der Waals surface area (Å²) in [7, 11) is -2.27. The number of nitrogens with zero attached hydrogens (tertiary/aromatic N) is 3. The summed E-state index contributed by atoms with van der Waals surface area (Å²) >= 11 is 6.28. The average Bonchev–Trinajstić information content (AvgIpc) is 3.18. The van der Waals surface area contributed by atoms with Crippen LogP contribution in [0.2, 0.25) is 5.02 Å². The molecule has 0 unspecified atom stereocenters. The molecule has 1 aliphatic rings. The van der Waals surface area contributed by atoms with Crippen molar-refractivity contribution in [2.24, 2.45) is 0 Å². The van der Waals surface area contributed by atoms with Crippen molar-refractivity contribution in [3.63, 3.8) is 0 Å². The molecule has 0 aliphatic carbocycles. The minimum Gasteiger partial charge on any atom is -0.495 e. The van der Waals surface area contributed by atoms with E-state index in [2.05, 4.69) is 14.6 Å². The lowest BCUT2D eigenvalue weighted by molar-refractivity contribution is 0.0761. The van der Waals surface area contributed by atoms with E-state index >= 15 is 0 Å². The molecular weight excluding hydrogens is 536 g/mol. The molecule has 3 aromatic carbocycles. The van der Waals surface area contributed by atoms with Crippen molar-refractivity contribution >= 4 is 44.1 Å². The van der Waals surface area contributed by atoms with Crippen molar-refractivity contribution in [2.75, 3.05) is 38.0 Å². The fraction of sp³-hybridized carbons (Fsp3) is 0.241. The van der Waals surface area contributed by atoms with Gasteiger partial charge in [-0.1, -0.05) is 35.9 Å². The van der Waals surface area contributed by atoms with Crippen molar-refractivity contribution in [1.82, 2.24) is 14.8 Å². The smallest absolute Gasteiger partial charge is 0.264 e. The molecule has 0 saturated carbocycles. The predicted octanol–water partition coefficient (Wildman–Crippen LogP) is 5.05. The van der Waals surface area contributed by atoms with Crippen molar-refractivity contribution < 1.29 is 17.9 Å². The van der Waals surface area contributed by atoms with Gasteiger partial charge in [0.05, 0.1) is 17.6 Å². The average molecular weight is 565 g/mol. The molecule has 2 heterocycles. The van der Waals surface area contributed by atoms with Gasteiger partial charge in [0.1, 0.15) is 10.6 Å². The molecule has 1 N–H and O–H groups in total. The third-order valence-corrected chi connectivity index (χ3v) is 8.48. The number of carbonyl (C=O) groups excluding carboxylic acids is 1. The summed E-state index contributed by atoms with van der Waals surface area (Å²) in [5.74, 6) is 0.578. The summed E-state index contributed by atoms with van der Waals surface area (Å²) < 4.78 is 34.0. The molecule has 1 amide bonds. The number of halogens is 1. The molecule has 1 fully saturated rings. The summed E-state index contributed by atoms with van der Waals surface area (Å²) in [6.45, 7) is 3.61. The van der Waals surface area contributed by atoms with Gasteiger partial charge in [-0.15, -0.1) is 0 Å². The Bertz CT molecular complexity index is 1590. The Kier molecular flexibility index (Phi) is 8.02. The Morgan fingerprint density at radius 2 is 1.79 bits per heavy atom. The quantitative estimate of drug-likeness (QED) is 0.338. The Morgan fingerprint density at radius 1 is 1.00 bits per heavy atom. The molecule has 5 rings (SSSR count). The Balaban J connectivity index is 1.22. The van der Waals surface area contributed by atoms with Crippen LogP contribution in [0.5, 0.6) is 5.75 Å². The van der Waals surface area contributed by atoms with Gasteiger partial charge in [-0.05, 0) is 60.5 Å². The number of anilines is 1. The fourth-order valence-electron chi connectivity index (χ4n) is 4.77. The van der Waals surface area contributed by atoms with E-state index in [0.717, 1.165) is 37.0 Å². The van der Waals surface area contributed by atoms with E-state index in [0.29, 0.717) is 40.6 Å². The van der Waals surface area contributed by atoms with Crippen LogP contribution in [0.3, 0.4) is 0 Å². The third-order valence-electron chi connectivity index (χ3n) is 6.77. The van der Waals surface area contributed by atoms with Crippen LogP contribution in [0.15, 0.2) is 83.9 Å². The van der Waals surface area contributed by atoms with E-state index in [9.17, 15) is 13.2 Å². The first-order valence-electron chi connectivity index (χ1n) is 12.6. The minimum atomic E-state index is -3.87. The van der Waals surface area contributed by atoms with Crippen molar-refractivity contribution in [1.29, 1.82) is 0 Å². The van der Waals surface area contributed by atoms with Gasteiger partial charge in [0.15, 0.2) is 0 Å². The number of aromatic nitrogens is 1. The summed E-state index contributed by atoms with van der Waals surface area (Å²) in [6.07, 6.45) is 2.42. The largest absolute Gasteiger partial charge is 0.495 e. The summed E-state index contributed by atoms with van der Waals surface area (Å²) in [5.41, 5.74) is 2.39. The van der Waals surface area contributed by atoms with Crippen molar-refractivity contribution in [3.05, 3.63) is 95.1 Å². The third kappa shape index (κ3) is 6.16. The molecule has 202 valence electrons. The van der Waals surface area contributed by atoms with Crippen LogP contribution >= 0.6 is 11.6 Å². The number of hydrogen-bond donors (Lipinski definition) is 1. The number of sulfonamides is 1. The van der Waals surface area contributed by atoms with Crippen LogP contribution in [0, 0.1) is 0 Å². The maximum atomic E-state index is 13.2. The maximum Gasteiger partial charge on any atom is 0.264 e. The highest BCUT2D eigenvalue weighted by molar-refractivity contribution is 7.93. The molecule has 1 saturated heterocycles.